The zero-order chi connectivity index (χ0) is 19.0. The molecule has 2 amide bonds. The van der Waals surface area contributed by atoms with E-state index in [1.165, 1.54) is 40.3 Å². The highest BCUT2D eigenvalue weighted by atomic mass is 32.1. The Kier molecular flexibility index (Phi) is 4.45. The van der Waals surface area contributed by atoms with Crippen LogP contribution in [0.5, 0.6) is 0 Å². The van der Waals surface area contributed by atoms with Gasteiger partial charge in [0.25, 0.3) is 11.8 Å². The number of carbonyl (C=O) groups is 2. The molecule has 2 aliphatic heterocycles. The first-order chi connectivity index (χ1) is 13.0. The summed E-state index contributed by atoms with van der Waals surface area (Å²) in [6.07, 6.45) is 2.43. The van der Waals surface area contributed by atoms with Gasteiger partial charge in [0, 0.05) is 19.3 Å². The van der Waals surface area contributed by atoms with Gasteiger partial charge in [-0.2, -0.15) is 0 Å². The van der Waals surface area contributed by atoms with E-state index < -0.39 is 17.6 Å². The molecule has 1 fully saturated rings. The lowest BCUT2D eigenvalue weighted by molar-refractivity contribution is -0.122. The number of rotatable bonds is 2. The average Bonchev–Trinajstić information content (AvgIpc) is 2.66. The average molecular weight is 381 g/mol. The van der Waals surface area contributed by atoms with E-state index in [1.807, 2.05) is 23.1 Å². The second-order valence-electron chi connectivity index (χ2n) is 6.41. The van der Waals surface area contributed by atoms with Gasteiger partial charge in [-0.05, 0) is 54.0 Å². The van der Waals surface area contributed by atoms with E-state index in [0.29, 0.717) is 18.8 Å². The van der Waals surface area contributed by atoms with Crippen LogP contribution in [0.15, 0.2) is 60.3 Å². The number of hydrogen-bond donors (Lipinski definition) is 1. The van der Waals surface area contributed by atoms with E-state index in [0.717, 1.165) is 6.42 Å². The van der Waals surface area contributed by atoms with E-state index in [2.05, 4.69) is 11.4 Å². The van der Waals surface area contributed by atoms with Gasteiger partial charge in [-0.1, -0.05) is 24.3 Å². The minimum absolute atomic E-state index is 0.00676. The number of thiocarbonyl (C=S) groups is 1. The number of nitrogens with one attached hydrogen (secondary N) is 1. The molecule has 1 saturated heterocycles. The van der Waals surface area contributed by atoms with E-state index in [1.54, 1.807) is 6.20 Å². The molecule has 0 saturated carbocycles. The molecule has 2 aliphatic rings. The van der Waals surface area contributed by atoms with Gasteiger partial charge in [-0.15, -0.1) is 0 Å². The lowest BCUT2D eigenvalue weighted by atomic mass is 10.00. The summed E-state index contributed by atoms with van der Waals surface area (Å²) >= 11 is 5.14. The molecule has 2 heterocycles. The first kappa shape index (κ1) is 17.4. The Morgan fingerprint density at radius 1 is 1.04 bits per heavy atom. The van der Waals surface area contributed by atoms with Crippen molar-refractivity contribution in [1.82, 2.24) is 10.2 Å². The molecular weight excluding hydrogens is 365 g/mol. The maximum absolute atomic E-state index is 13.2. The van der Waals surface area contributed by atoms with Crippen LogP contribution >= 0.6 is 12.2 Å². The third-order valence-corrected chi connectivity index (χ3v) is 4.94. The number of halogens is 1. The molecule has 2 aromatic rings. The highest BCUT2D eigenvalue weighted by Gasteiger charge is 2.35. The van der Waals surface area contributed by atoms with Gasteiger partial charge in [0.15, 0.2) is 5.11 Å². The SMILES string of the molecule is O=C1NC(=S)N(c2ccc(F)cc2)C(=O)/C1=C\N1CCc2ccccc2C1. The molecule has 4 rings (SSSR count). The Morgan fingerprint density at radius 3 is 2.48 bits per heavy atom. The zero-order valence-electron chi connectivity index (χ0n) is 14.3. The molecule has 0 spiro atoms. The first-order valence-electron chi connectivity index (χ1n) is 8.51. The van der Waals surface area contributed by atoms with Crippen LogP contribution in [0.1, 0.15) is 11.1 Å². The van der Waals surface area contributed by atoms with E-state index in [-0.39, 0.29) is 10.7 Å². The van der Waals surface area contributed by atoms with Crippen molar-refractivity contribution in [3.63, 3.8) is 0 Å². The minimum atomic E-state index is -0.526. The molecule has 136 valence electrons. The number of amides is 2. The van der Waals surface area contributed by atoms with Crippen LogP contribution < -0.4 is 10.2 Å². The fourth-order valence-electron chi connectivity index (χ4n) is 3.28. The summed E-state index contributed by atoms with van der Waals surface area (Å²) in [6.45, 7) is 1.34. The summed E-state index contributed by atoms with van der Waals surface area (Å²) in [4.78, 5) is 28.5. The molecular formula is C20H16FN3O2S. The van der Waals surface area contributed by atoms with Crippen LogP contribution in [0.25, 0.3) is 0 Å². The van der Waals surface area contributed by atoms with Gasteiger partial charge >= 0.3 is 0 Å². The van der Waals surface area contributed by atoms with Crippen molar-refractivity contribution in [2.75, 3.05) is 11.4 Å². The highest BCUT2D eigenvalue weighted by Crippen LogP contribution is 2.23. The topological polar surface area (TPSA) is 52.7 Å². The van der Waals surface area contributed by atoms with Crippen LogP contribution in [-0.4, -0.2) is 28.4 Å². The number of fused-ring (bicyclic) bond motifs is 1. The van der Waals surface area contributed by atoms with Gasteiger partial charge < -0.3 is 4.90 Å². The lowest BCUT2D eigenvalue weighted by Crippen LogP contribution is -2.54. The van der Waals surface area contributed by atoms with Gasteiger partial charge in [0.2, 0.25) is 0 Å². The van der Waals surface area contributed by atoms with Crippen molar-refractivity contribution < 1.29 is 14.0 Å². The summed E-state index contributed by atoms with van der Waals surface area (Å²) in [7, 11) is 0. The monoisotopic (exact) mass is 381 g/mol. The number of anilines is 1. The van der Waals surface area contributed by atoms with E-state index >= 15 is 0 Å². The Bertz CT molecular complexity index is 971. The van der Waals surface area contributed by atoms with Gasteiger partial charge in [0.05, 0.1) is 5.69 Å². The number of carbonyl (C=O) groups excluding carboxylic acids is 2. The minimum Gasteiger partial charge on any atom is -0.372 e. The Morgan fingerprint density at radius 2 is 1.74 bits per heavy atom. The normalized spacial score (nSPS) is 18.6. The molecule has 1 N–H and O–H groups in total. The van der Waals surface area contributed by atoms with Crippen molar-refractivity contribution in [2.45, 2.75) is 13.0 Å². The zero-order valence-corrected chi connectivity index (χ0v) is 15.1. The van der Waals surface area contributed by atoms with Crippen LogP contribution in [0.2, 0.25) is 0 Å². The second-order valence-corrected chi connectivity index (χ2v) is 6.79. The predicted octanol–water partition coefficient (Wildman–Crippen LogP) is 2.52. The molecule has 7 heteroatoms. The molecule has 0 aromatic heterocycles. The summed E-state index contributed by atoms with van der Waals surface area (Å²) in [5.41, 5.74) is 2.87. The fourth-order valence-corrected chi connectivity index (χ4v) is 3.56. The van der Waals surface area contributed by atoms with Crippen LogP contribution in [0, 0.1) is 5.82 Å². The lowest BCUT2D eigenvalue weighted by Gasteiger charge is -2.32. The van der Waals surface area contributed by atoms with Gasteiger partial charge in [0.1, 0.15) is 11.4 Å². The number of nitrogens with zero attached hydrogens (tertiary/aromatic N) is 2. The van der Waals surface area contributed by atoms with E-state index in [9.17, 15) is 14.0 Å². The van der Waals surface area contributed by atoms with Crippen molar-refractivity contribution in [3.8, 4) is 0 Å². The molecule has 5 nitrogen and oxygen atoms in total. The van der Waals surface area contributed by atoms with Crippen molar-refractivity contribution in [2.24, 2.45) is 0 Å². The molecule has 27 heavy (non-hydrogen) atoms. The molecule has 0 radical (unpaired) electrons. The Hall–Kier alpha value is -3.06. The predicted molar refractivity (Wildman–Crippen MR) is 103 cm³/mol. The quantitative estimate of drug-likeness (QED) is 0.493. The van der Waals surface area contributed by atoms with Crippen molar-refractivity contribution >= 4 is 34.8 Å². The summed E-state index contributed by atoms with van der Waals surface area (Å²) in [5, 5.41) is 2.52. The molecule has 0 bridgehead atoms. The first-order valence-corrected chi connectivity index (χ1v) is 8.92. The number of benzene rings is 2. The summed E-state index contributed by atoms with van der Waals surface area (Å²) in [6, 6.07) is 13.5. The maximum atomic E-state index is 13.2. The summed E-state index contributed by atoms with van der Waals surface area (Å²) in [5.74, 6) is -1.46. The smallest absolute Gasteiger partial charge is 0.271 e. The van der Waals surface area contributed by atoms with Gasteiger partial charge in [-0.25, -0.2) is 4.39 Å². The van der Waals surface area contributed by atoms with Crippen LogP contribution in [-0.2, 0) is 22.6 Å². The fraction of sp³-hybridized carbons (Fsp3) is 0.150. The maximum Gasteiger partial charge on any atom is 0.271 e. The number of hydrogen-bond acceptors (Lipinski definition) is 4. The molecule has 2 aromatic carbocycles. The third kappa shape index (κ3) is 3.33. The molecule has 0 aliphatic carbocycles. The van der Waals surface area contributed by atoms with Crippen molar-refractivity contribution in [1.29, 1.82) is 0 Å². The largest absolute Gasteiger partial charge is 0.372 e. The second kappa shape index (κ2) is 6.92. The highest BCUT2D eigenvalue weighted by molar-refractivity contribution is 7.80. The van der Waals surface area contributed by atoms with Crippen LogP contribution in [0.3, 0.4) is 0 Å². The Labute approximate surface area is 161 Å². The van der Waals surface area contributed by atoms with Crippen molar-refractivity contribution in [3.05, 3.63) is 77.2 Å². The standard InChI is InChI=1S/C20H16FN3O2S/c21-15-5-7-16(8-6-15)24-19(26)17(18(25)22-20(24)27)12-23-10-9-13-3-1-2-4-14(13)11-23/h1-8,12H,9-11H2,(H,22,25,27)/b17-12-. The molecule has 0 unspecified atom stereocenters. The molecule has 0 atom stereocenters. The third-order valence-electron chi connectivity index (χ3n) is 4.66. The van der Waals surface area contributed by atoms with E-state index in [4.69, 9.17) is 12.2 Å². The van der Waals surface area contributed by atoms with Crippen LogP contribution in [0.4, 0.5) is 10.1 Å². The van der Waals surface area contributed by atoms with Gasteiger partial charge in [-0.3, -0.25) is 19.8 Å². The summed E-state index contributed by atoms with van der Waals surface area (Å²) < 4.78 is 13.2. The Balaban J connectivity index is 1.63.